The van der Waals surface area contributed by atoms with E-state index in [2.05, 4.69) is 58.1 Å². The van der Waals surface area contributed by atoms with Gasteiger partial charge in [-0.3, -0.25) is 4.90 Å². The summed E-state index contributed by atoms with van der Waals surface area (Å²) in [5.41, 5.74) is 5.03. The van der Waals surface area contributed by atoms with Gasteiger partial charge in [-0.15, -0.1) is 0 Å². The van der Waals surface area contributed by atoms with E-state index in [1.165, 1.54) is 40.6 Å². The van der Waals surface area contributed by atoms with Crippen LogP contribution in [-0.4, -0.2) is 45.4 Å². The second-order valence-electron chi connectivity index (χ2n) is 7.59. The fraction of sp³-hybridized carbons (Fsp3) is 0.429. The molecule has 4 rings (SSSR count). The van der Waals surface area contributed by atoms with Crippen LogP contribution in [0.4, 0.5) is 0 Å². The third-order valence-corrected chi connectivity index (χ3v) is 5.19. The summed E-state index contributed by atoms with van der Waals surface area (Å²) in [6, 6.07) is 9.23. The lowest BCUT2D eigenvalue weighted by Crippen LogP contribution is -2.26. The Kier molecular flexibility index (Phi) is 4.74. The van der Waals surface area contributed by atoms with E-state index in [0.29, 0.717) is 6.04 Å². The summed E-state index contributed by atoms with van der Waals surface area (Å²) in [7, 11) is 4.20. The first-order chi connectivity index (χ1) is 12.6. The van der Waals surface area contributed by atoms with E-state index in [0.717, 1.165) is 25.5 Å². The Morgan fingerprint density at radius 1 is 1.27 bits per heavy atom. The Bertz CT molecular complexity index is 898. The van der Waals surface area contributed by atoms with Crippen molar-refractivity contribution in [3.05, 3.63) is 59.3 Å². The number of rotatable bonds is 5. The molecule has 3 heterocycles. The number of nitrogens with zero attached hydrogens (tertiary/aromatic N) is 4. The Labute approximate surface area is 155 Å². The molecule has 0 aliphatic carbocycles. The van der Waals surface area contributed by atoms with Gasteiger partial charge in [-0.1, -0.05) is 12.1 Å². The van der Waals surface area contributed by atoms with E-state index in [-0.39, 0.29) is 0 Å². The summed E-state index contributed by atoms with van der Waals surface area (Å²) in [6.45, 7) is 4.96. The second-order valence-corrected chi connectivity index (χ2v) is 7.59. The number of hydrogen-bond donors (Lipinski definition) is 1. The second kappa shape index (κ2) is 7.17. The third kappa shape index (κ3) is 3.50. The normalized spacial score (nSPS) is 18.2. The van der Waals surface area contributed by atoms with Crippen LogP contribution in [-0.2, 0) is 13.1 Å². The number of benzene rings is 1. The van der Waals surface area contributed by atoms with Crippen molar-refractivity contribution in [3.63, 3.8) is 0 Å². The minimum Gasteiger partial charge on any atom is -0.361 e. The molecule has 5 heteroatoms. The number of likely N-dealkylation sites (tertiary alicyclic amines) is 1. The standard InChI is InChI=1S/C21H27N5/c1-15-23-12-18(14-25(2)3)21(24-15)20-5-4-10-26(20)13-16-6-7-17-8-9-22-19(17)11-16/h6-9,11-12,20,22H,4-5,10,13-14H2,1-3H3. The first kappa shape index (κ1) is 17.2. The van der Waals surface area contributed by atoms with Crippen LogP contribution in [0.2, 0.25) is 0 Å². The maximum absolute atomic E-state index is 4.86. The molecule has 0 saturated carbocycles. The number of H-pyrrole nitrogens is 1. The van der Waals surface area contributed by atoms with Crippen LogP contribution in [0.15, 0.2) is 36.7 Å². The topological polar surface area (TPSA) is 48.1 Å². The zero-order valence-electron chi connectivity index (χ0n) is 15.9. The van der Waals surface area contributed by atoms with E-state index in [1.807, 2.05) is 19.3 Å². The van der Waals surface area contributed by atoms with Crippen LogP contribution in [0, 0.1) is 6.92 Å². The van der Waals surface area contributed by atoms with Gasteiger partial charge in [-0.25, -0.2) is 9.97 Å². The molecule has 3 aromatic rings. The Morgan fingerprint density at radius 2 is 2.15 bits per heavy atom. The van der Waals surface area contributed by atoms with E-state index in [1.54, 1.807) is 0 Å². The molecule has 1 saturated heterocycles. The highest BCUT2D eigenvalue weighted by Crippen LogP contribution is 2.34. The largest absolute Gasteiger partial charge is 0.361 e. The van der Waals surface area contributed by atoms with Gasteiger partial charge in [0.25, 0.3) is 0 Å². The molecule has 1 fully saturated rings. The molecule has 0 radical (unpaired) electrons. The van der Waals surface area contributed by atoms with Crippen molar-refractivity contribution in [1.82, 2.24) is 24.8 Å². The van der Waals surface area contributed by atoms with Crippen molar-refractivity contribution in [3.8, 4) is 0 Å². The first-order valence-electron chi connectivity index (χ1n) is 9.37. The highest BCUT2D eigenvalue weighted by Gasteiger charge is 2.29. The molecule has 0 bridgehead atoms. The van der Waals surface area contributed by atoms with Crippen molar-refractivity contribution >= 4 is 10.9 Å². The summed E-state index contributed by atoms with van der Waals surface area (Å²) in [6.07, 6.45) is 6.41. The van der Waals surface area contributed by atoms with Gasteiger partial charge in [0.15, 0.2) is 0 Å². The van der Waals surface area contributed by atoms with Crippen molar-refractivity contribution in [2.75, 3.05) is 20.6 Å². The van der Waals surface area contributed by atoms with Gasteiger partial charge in [0.05, 0.1) is 11.7 Å². The van der Waals surface area contributed by atoms with Gasteiger partial charge < -0.3 is 9.88 Å². The molecular weight excluding hydrogens is 322 g/mol. The Hall–Kier alpha value is -2.24. The van der Waals surface area contributed by atoms with Crippen LogP contribution in [0.5, 0.6) is 0 Å². The SMILES string of the molecule is Cc1ncc(CN(C)C)c(C2CCCN2Cc2ccc3cc[nH]c3c2)n1. The molecule has 1 N–H and O–H groups in total. The predicted octanol–water partition coefficient (Wildman–Crippen LogP) is 3.67. The number of fused-ring (bicyclic) bond motifs is 1. The van der Waals surface area contributed by atoms with Crippen LogP contribution < -0.4 is 0 Å². The monoisotopic (exact) mass is 349 g/mol. The lowest BCUT2D eigenvalue weighted by Gasteiger charge is -2.26. The predicted molar refractivity (Wildman–Crippen MR) is 105 cm³/mol. The molecule has 0 spiro atoms. The molecule has 1 aliphatic heterocycles. The van der Waals surface area contributed by atoms with Gasteiger partial charge in [0.1, 0.15) is 5.82 Å². The molecule has 1 unspecified atom stereocenters. The van der Waals surface area contributed by atoms with Gasteiger partial charge in [0, 0.05) is 36.6 Å². The van der Waals surface area contributed by atoms with E-state index < -0.39 is 0 Å². The zero-order chi connectivity index (χ0) is 18.1. The number of aromatic nitrogens is 3. The number of aryl methyl sites for hydroxylation is 1. The maximum Gasteiger partial charge on any atom is 0.125 e. The molecule has 1 aromatic carbocycles. The van der Waals surface area contributed by atoms with Crippen molar-refractivity contribution in [1.29, 1.82) is 0 Å². The smallest absolute Gasteiger partial charge is 0.125 e. The molecule has 2 aromatic heterocycles. The van der Waals surface area contributed by atoms with Crippen LogP contribution >= 0.6 is 0 Å². The first-order valence-corrected chi connectivity index (χ1v) is 9.37. The highest BCUT2D eigenvalue weighted by molar-refractivity contribution is 5.79. The molecule has 1 aliphatic rings. The number of aromatic amines is 1. The summed E-state index contributed by atoms with van der Waals surface area (Å²) in [5.74, 6) is 0.863. The highest BCUT2D eigenvalue weighted by atomic mass is 15.2. The molecule has 0 amide bonds. The number of nitrogens with one attached hydrogen (secondary N) is 1. The molecule has 1 atom stereocenters. The van der Waals surface area contributed by atoms with Crippen molar-refractivity contribution in [2.45, 2.75) is 38.9 Å². The van der Waals surface area contributed by atoms with Gasteiger partial charge in [0.2, 0.25) is 0 Å². The summed E-state index contributed by atoms with van der Waals surface area (Å²) >= 11 is 0. The molecule has 136 valence electrons. The Balaban J connectivity index is 1.61. The van der Waals surface area contributed by atoms with Gasteiger partial charge in [-0.2, -0.15) is 0 Å². The van der Waals surface area contributed by atoms with E-state index in [4.69, 9.17) is 4.98 Å². The van der Waals surface area contributed by atoms with Crippen molar-refractivity contribution < 1.29 is 0 Å². The van der Waals surface area contributed by atoms with Gasteiger partial charge in [-0.05, 0) is 63.5 Å². The quantitative estimate of drug-likeness (QED) is 0.763. The third-order valence-electron chi connectivity index (χ3n) is 5.19. The minimum absolute atomic E-state index is 0.381. The van der Waals surface area contributed by atoms with Crippen LogP contribution in [0.25, 0.3) is 10.9 Å². The summed E-state index contributed by atoms with van der Waals surface area (Å²) in [5, 5.41) is 1.27. The van der Waals surface area contributed by atoms with Gasteiger partial charge >= 0.3 is 0 Å². The zero-order valence-corrected chi connectivity index (χ0v) is 15.9. The maximum atomic E-state index is 4.86. The Morgan fingerprint density at radius 3 is 3.00 bits per heavy atom. The lowest BCUT2D eigenvalue weighted by atomic mass is 10.0. The van der Waals surface area contributed by atoms with Crippen LogP contribution in [0.1, 0.15) is 41.5 Å². The fourth-order valence-electron chi connectivity index (χ4n) is 4.02. The molecular formula is C21H27N5. The van der Waals surface area contributed by atoms with E-state index >= 15 is 0 Å². The minimum atomic E-state index is 0.381. The summed E-state index contributed by atoms with van der Waals surface area (Å²) < 4.78 is 0. The van der Waals surface area contributed by atoms with Crippen LogP contribution in [0.3, 0.4) is 0 Å². The average molecular weight is 349 g/mol. The lowest BCUT2D eigenvalue weighted by molar-refractivity contribution is 0.241. The number of hydrogen-bond acceptors (Lipinski definition) is 4. The molecule has 5 nitrogen and oxygen atoms in total. The van der Waals surface area contributed by atoms with Crippen molar-refractivity contribution in [2.24, 2.45) is 0 Å². The van der Waals surface area contributed by atoms with E-state index in [9.17, 15) is 0 Å². The molecule has 26 heavy (non-hydrogen) atoms. The average Bonchev–Trinajstić information content (AvgIpc) is 3.25. The summed E-state index contributed by atoms with van der Waals surface area (Å²) in [4.78, 5) is 17.4. The fourth-order valence-corrected chi connectivity index (χ4v) is 4.02.